The van der Waals surface area contributed by atoms with Crippen LogP contribution in [-0.4, -0.2) is 30.0 Å². The van der Waals surface area contributed by atoms with Gasteiger partial charge >= 0.3 is 0 Å². The minimum absolute atomic E-state index is 0. The first-order valence-corrected chi connectivity index (χ1v) is 7.31. The summed E-state index contributed by atoms with van der Waals surface area (Å²) in [5.41, 5.74) is 0.767. The standard InChI is InChI=1S/C15H21N3O3.ClH/c1-11-10-13(7-8-16-11)15(19)17-9-6-12-4-2-3-5-14(12)18(20)21;/h2-5,11,13,16H,6-10H2,1H3,(H,17,19);1H/t11-,13-;/m0./s1. The maximum Gasteiger partial charge on any atom is 0.272 e. The van der Waals surface area contributed by atoms with Crippen LogP contribution in [0, 0.1) is 16.0 Å². The molecule has 2 atom stereocenters. The van der Waals surface area contributed by atoms with E-state index in [1.165, 1.54) is 6.07 Å². The molecular weight excluding hydrogens is 306 g/mol. The average molecular weight is 328 g/mol. The Bertz CT molecular complexity index is 525. The molecule has 2 rings (SSSR count). The van der Waals surface area contributed by atoms with Gasteiger partial charge in [-0.3, -0.25) is 14.9 Å². The molecule has 7 heteroatoms. The molecule has 1 saturated heterocycles. The predicted molar refractivity (Wildman–Crippen MR) is 87.2 cm³/mol. The van der Waals surface area contributed by atoms with Crippen molar-refractivity contribution in [3.05, 3.63) is 39.9 Å². The third-order valence-electron chi connectivity index (χ3n) is 3.88. The first kappa shape index (κ1) is 18.4. The first-order valence-electron chi connectivity index (χ1n) is 7.31. The minimum Gasteiger partial charge on any atom is -0.356 e. The second-order valence-electron chi connectivity index (χ2n) is 5.50. The van der Waals surface area contributed by atoms with Crippen LogP contribution in [0.1, 0.15) is 25.3 Å². The number of para-hydroxylation sites is 1. The monoisotopic (exact) mass is 327 g/mol. The predicted octanol–water partition coefficient (Wildman–Crippen LogP) is 2.06. The molecule has 0 aliphatic carbocycles. The van der Waals surface area contributed by atoms with Crippen LogP contribution in [0.25, 0.3) is 0 Å². The summed E-state index contributed by atoms with van der Waals surface area (Å²) >= 11 is 0. The van der Waals surface area contributed by atoms with Gasteiger partial charge in [0.15, 0.2) is 0 Å². The Morgan fingerprint density at radius 2 is 2.18 bits per heavy atom. The Morgan fingerprint density at radius 1 is 1.45 bits per heavy atom. The highest BCUT2D eigenvalue weighted by Crippen LogP contribution is 2.18. The van der Waals surface area contributed by atoms with Crippen molar-refractivity contribution in [2.24, 2.45) is 5.92 Å². The summed E-state index contributed by atoms with van der Waals surface area (Å²) in [5.74, 6) is 0.106. The highest BCUT2D eigenvalue weighted by Gasteiger charge is 2.24. The second-order valence-corrected chi connectivity index (χ2v) is 5.50. The molecule has 1 fully saturated rings. The summed E-state index contributed by atoms with van der Waals surface area (Å²) in [6.07, 6.45) is 2.17. The lowest BCUT2D eigenvalue weighted by atomic mass is 9.92. The Hall–Kier alpha value is -1.66. The van der Waals surface area contributed by atoms with Gasteiger partial charge in [0.2, 0.25) is 5.91 Å². The Morgan fingerprint density at radius 3 is 2.86 bits per heavy atom. The summed E-state index contributed by atoms with van der Waals surface area (Å²) in [4.78, 5) is 22.6. The zero-order valence-electron chi connectivity index (χ0n) is 12.6. The van der Waals surface area contributed by atoms with Crippen LogP contribution in [-0.2, 0) is 11.2 Å². The van der Waals surface area contributed by atoms with Crippen molar-refractivity contribution in [2.45, 2.75) is 32.2 Å². The van der Waals surface area contributed by atoms with Gasteiger partial charge in [-0.05, 0) is 32.7 Å². The van der Waals surface area contributed by atoms with Crippen LogP contribution in [0.4, 0.5) is 5.69 Å². The van der Waals surface area contributed by atoms with Crippen LogP contribution in [0.3, 0.4) is 0 Å². The van der Waals surface area contributed by atoms with E-state index in [-0.39, 0.29) is 34.8 Å². The maximum absolute atomic E-state index is 12.1. The van der Waals surface area contributed by atoms with Crippen LogP contribution >= 0.6 is 12.4 Å². The molecule has 0 radical (unpaired) electrons. The van der Waals surface area contributed by atoms with E-state index in [0.717, 1.165) is 19.4 Å². The van der Waals surface area contributed by atoms with Crippen molar-refractivity contribution in [1.82, 2.24) is 10.6 Å². The first-order chi connectivity index (χ1) is 10.1. The number of hydrogen-bond acceptors (Lipinski definition) is 4. The smallest absolute Gasteiger partial charge is 0.272 e. The number of piperidine rings is 1. The topological polar surface area (TPSA) is 84.3 Å². The third-order valence-corrected chi connectivity index (χ3v) is 3.88. The fraction of sp³-hybridized carbons (Fsp3) is 0.533. The highest BCUT2D eigenvalue weighted by atomic mass is 35.5. The summed E-state index contributed by atoms with van der Waals surface area (Å²) in [7, 11) is 0. The van der Waals surface area contributed by atoms with Crippen LogP contribution in [0.5, 0.6) is 0 Å². The van der Waals surface area contributed by atoms with Crippen molar-refractivity contribution in [3.8, 4) is 0 Å². The summed E-state index contributed by atoms with van der Waals surface area (Å²) in [6.45, 7) is 3.37. The number of carbonyl (C=O) groups is 1. The van der Waals surface area contributed by atoms with Crippen LogP contribution < -0.4 is 10.6 Å². The zero-order chi connectivity index (χ0) is 15.2. The molecule has 0 aromatic heterocycles. The second kappa shape index (κ2) is 8.70. The molecule has 1 amide bonds. The molecule has 2 N–H and O–H groups in total. The van der Waals surface area contributed by atoms with Gasteiger partial charge in [-0.15, -0.1) is 12.4 Å². The van der Waals surface area contributed by atoms with Gasteiger partial charge in [0.25, 0.3) is 5.69 Å². The lowest BCUT2D eigenvalue weighted by Crippen LogP contribution is -2.42. The molecule has 1 aliphatic rings. The number of nitrogens with zero attached hydrogens (tertiary/aromatic N) is 1. The van der Waals surface area contributed by atoms with Crippen LogP contribution in [0.2, 0.25) is 0 Å². The van der Waals surface area contributed by atoms with E-state index in [0.29, 0.717) is 24.6 Å². The van der Waals surface area contributed by atoms with Gasteiger partial charge in [0, 0.05) is 30.1 Å². The summed E-state index contributed by atoms with van der Waals surface area (Å²) in [5, 5.41) is 17.1. The minimum atomic E-state index is -0.383. The van der Waals surface area contributed by atoms with Gasteiger partial charge in [-0.2, -0.15) is 0 Å². The summed E-state index contributed by atoms with van der Waals surface area (Å²) in [6, 6.07) is 7.02. The molecule has 0 saturated carbocycles. The number of nitro benzene ring substituents is 1. The third kappa shape index (κ3) is 4.96. The number of rotatable bonds is 5. The maximum atomic E-state index is 12.1. The number of halogens is 1. The van der Waals surface area contributed by atoms with Crippen molar-refractivity contribution >= 4 is 24.0 Å². The van der Waals surface area contributed by atoms with Gasteiger partial charge in [-0.25, -0.2) is 0 Å². The van der Waals surface area contributed by atoms with Crippen LogP contribution in [0.15, 0.2) is 24.3 Å². The number of amides is 1. The van der Waals surface area contributed by atoms with Gasteiger partial charge in [0.1, 0.15) is 0 Å². The normalized spacial score (nSPS) is 20.8. The molecule has 0 spiro atoms. The number of benzene rings is 1. The molecule has 0 bridgehead atoms. The number of nitro groups is 1. The molecule has 122 valence electrons. The Kier molecular flexibility index (Phi) is 7.27. The molecule has 1 heterocycles. The van der Waals surface area contributed by atoms with Gasteiger partial charge in [-0.1, -0.05) is 18.2 Å². The lowest BCUT2D eigenvalue weighted by molar-refractivity contribution is -0.385. The van der Waals surface area contributed by atoms with E-state index in [2.05, 4.69) is 17.6 Å². The molecule has 1 aromatic carbocycles. The Labute approximate surface area is 136 Å². The largest absolute Gasteiger partial charge is 0.356 e. The van der Waals surface area contributed by atoms with E-state index in [9.17, 15) is 14.9 Å². The highest BCUT2D eigenvalue weighted by molar-refractivity contribution is 5.85. The quantitative estimate of drug-likeness (QED) is 0.640. The fourth-order valence-corrected chi connectivity index (χ4v) is 2.74. The van der Waals surface area contributed by atoms with Crippen molar-refractivity contribution in [2.75, 3.05) is 13.1 Å². The lowest BCUT2D eigenvalue weighted by Gasteiger charge is -2.27. The molecular formula is C15H22ClN3O3. The molecule has 1 aromatic rings. The molecule has 0 unspecified atom stereocenters. The van der Waals surface area contributed by atoms with E-state index < -0.39 is 0 Å². The van der Waals surface area contributed by atoms with E-state index in [1.54, 1.807) is 18.2 Å². The molecule has 22 heavy (non-hydrogen) atoms. The Balaban J connectivity index is 0.00000242. The number of carbonyl (C=O) groups excluding carboxylic acids is 1. The van der Waals surface area contributed by atoms with Gasteiger partial charge < -0.3 is 10.6 Å². The number of nitrogens with one attached hydrogen (secondary N) is 2. The van der Waals surface area contributed by atoms with E-state index >= 15 is 0 Å². The number of hydrogen-bond donors (Lipinski definition) is 2. The van der Waals surface area contributed by atoms with Crippen molar-refractivity contribution < 1.29 is 9.72 Å². The van der Waals surface area contributed by atoms with Crippen molar-refractivity contribution in [1.29, 1.82) is 0 Å². The van der Waals surface area contributed by atoms with Crippen molar-refractivity contribution in [3.63, 3.8) is 0 Å². The van der Waals surface area contributed by atoms with E-state index in [4.69, 9.17) is 0 Å². The zero-order valence-corrected chi connectivity index (χ0v) is 13.4. The van der Waals surface area contributed by atoms with E-state index in [1.807, 2.05) is 0 Å². The van der Waals surface area contributed by atoms with Gasteiger partial charge in [0.05, 0.1) is 4.92 Å². The molecule has 6 nitrogen and oxygen atoms in total. The molecule has 1 aliphatic heterocycles. The fourth-order valence-electron chi connectivity index (χ4n) is 2.74. The SMILES string of the molecule is C[C@H]1C[C@@H](C(=O)NCCc2ccccc2[N+](=O)[O-])CCN1.Cl. The average Bonchev–Trinajstić information content (AvgIpc) is 2.47. The summed E-state index contributed by atoms with van der Waals surface area (Å²) < 4.78 is 0.